The summed E-state index contributed by atoms with van der Waals surface area (Å²) < 4.78 is 10.4. The molecule has 1 aromatic carbocycles. The Morgan fingerprint density at radius 2 is 1.80 bits per heavy atom. The lowest BCUT2D eigenvalue weighted by molar-refractivity contribution is -0.186. The summed E-state index contributed by atoms with van der Waals surface area (Å²) >= 11 is 0. The Morgan fingerprint density at radius 1 is 1.12 bits per heavy atom. The zero-order valence-corrected chi connectivity index (χ0v) is 14.7. The summed E-state index contributed by atoms with van der Waals surface area (Å²) in [6, 6.07) is 9.42. The molecule has 0 amide bonds. The highest BCUT2D eigenvalue weighted by Gasteiger charge is 2.14. The molecule has 1 fully saturated rings. The number of likely N-dealkylation sites (N-methyl/N-ethyl adjacent to an activating group) is 1. The monoisotopic (exact) mass is 350 g/mol. The predicted octanol–water partition coefficient (Wildman–Crippen LogP) is 1.23. The molecule has 7 heteroatoms. The molecule has 1 aliphatic heterocycles. The first kappa shape index (κ1) is 19.4. The summed E-state index contributed by atoms with van der Waals surface area (Å²) in [6.45, 7) is 4.93. The van der Waals surface area contributed by atoms with Crippen molar-refractivity contribution in [1.29, 1.82) is 0 Å². The summed E-state index contributed by atoms with van der Waals surface area (Å²) in [6.07, 6.45) is 0.0263. The van der Waals surface area contributed by atoms with Crippen molar-refractivity contribution in [1.82, 2.24) is 9.96 Å². The summed E-state index contributed by atoms with van der Waals surface area (Å²) in [4.78, 5) is 30.9. The number of hydroxylamine groups is 2. The van der Waals surface area contributed by atoms with Crippen LogP contribution in [0.5, 0.6) is 0 Å². The van der Waals surface area contributed by atoms with E-state index in [1.54, 1.807) is 7.05 Å². The van der Waals surface area contributed by atoms with E-state index in [9.17, 15) is 9.59 Å². The van der Waals surface area contributed by atoms with Gasteiger partial charge in [0.05, 0.1) is 26.1 Å². The molecule has 1 aromatic rings. The molecule has 0 bridgehead atoms. The quantitative estimate of drug-likeness (QED) is 0.490. The van der Waals surface area contributed by atoms with E-state index in [0.717, 1.165) is 38.4 Å². The average Bonchev–Trinajstić information content (AvgIpc) is 2.65. The van der Waals surface area contributed by atoms with Gasteiger partial charge in [-0.2, -0.15) is 0 Å². The van der Waals surface area contributed by atoms with Gasteiger partial charge in [-0.25, -0.2) is 0 Å². The van der Waals surface area contributed by atoms with Crippen LogP contribution in [0.2, 0.25) is 0 Å². The maximum Gasteiger partial charge on any atom is 0.325 e. The Morgan fingerprint density at radius 3 is 2.52 bits per heavy atom. The molecule has 25 heavy (non-hydrogen) atoms. The lowest BCUT2D eigenvalue weighted by Gasteiger charge is -2.28. The van der Waals surface area contributed by atoms with Crippen LogP contribution in [0.1, 0.15) is 18.4 Å². The number of nitrogens with zero attached hydrogens (tertiary/aromatic N) is 2. The van der Waals surface area contributed by atoms with E-state index in [-0.39, 0.29) is 19.4 Å². The first-order valence-electron chi connectivity index (χ1n) is 8.55. The van der Waals surface area contributed by atoms with E-state index in [1.807, 2.05) is 30.3 Å². The minimum Gasteiger partial charge on any atom is -0.461 e. The number of hydrogen-bond donors (Lipinski definition) is 0. The largest absolute Gasteiger partial charge is 0.461 e. The zero-order valence-electron chi connectivity index (χ0n) is 14.7. The van der Waals surface area contributed by atoms with Gasteiger partial charge in [0, 0.05) is 33.2 Å². The van der Waals surface area contributed by atoms with E-state index in [2.05, 4.69) is 4.90 Å². The van der Waals surface area contributed by atoms with Crippen molar-refractivity contribution in [2.75, 3.05) is 46.4 Å². The first-order valence-corrected chi connectivity index (χ1v) is 8.55. The Kier molecular flexibility index (Phi) is 8.38. The molecule has 2 rings (SSSR count). The molecule has 0 radical (unpaired) electrons. The number of rotatable bonds is 9. The first-order chi connectivity index (χ1) is 12.1. The Hall–Kier alpha value is -1.96. The summed E-state index contributed by atoms with van der Waals surface area (Å²) in [5, 5.41) is 1.51. The highest BCUT2D eigenvalue weighted by Crippen LogP contribution is 2.04. The van der Waals surface area contributed by atoms with Gasteiger partial charge in [0.15, 0.2) is 0 Å². The number of hydrogen-bond acceptors (Lipinski definition) is 7. The molecule has 0 saturated carbocycles. The summed E-state index contributed by atoms with van der Waals surface area (Å²) in [5.74, 6) is -0.835. The molecule has 7 nitrogen and oxygen atoms in total. The fourth-order valence-corrected chi connectivity index (χ4v) is 2.39. The lowest BCUT2D eigenvalue weighted by atomic mass is 10.2. The number of ether oxygens (including phenoxy) is 2. The number of carbonyl (C=O) groups excluding carboxylic acids is 2. The standard InChI is InChI=1S/C18H26N2O5/c1-19(9-10-20-11-13-23-14-12-20)25-18(22)8-7-17(21)24-15-16-5-3-2-4-6-16/h2-6H,7-15H2,1H3. The molecule has 1 aliphatic rings. The van der Waals surface area contributed by atoms with Gasteiger partial charge in [0.25, 0.3) is 0 Å². The third kappa shape index (κ3) is 8.11. The smallest absolute Gasteiger partial charge is 0.325 e. The predicted molar refractivity (Wildman–Crippen MR) is 91.5 cm³/mol. The van der Waals surface area contributed by atoms with Crippen LogP contribution in [-0.2, 0) is 30.5 Å². The molecule has 138 valence electrons. The van der Waals surface area contributed by atoms with Crippen LogP contribution in [0, 0.1) is 0 Å². The molecule has 1 heterocycles. The van der Waals surface area contributed by atoms with Crippen molar-refractivity contribution in [3.8, 4) is 0 Å². The number of esters is 1. The van der Waals surface area contributed by atoms with Crippen LogP contribution in [0.4, 0.5) is 0 Å². The van der Waals surface area contributed by atoms with Crippen molar-refractivity contribution < 1.29 is 23.9 Å². The molecule has 0 aromatic heterocycles. The van der Waals surface area contributed by atoms with Crippen LogP contribution in [0.3, 0.4) is 0 Å². The highest BCUT2D eigenvalue weighted by molar-refractivity contribution is 5.77. The van der Waals surface area contributed by atoms with Crippen molar-refractivity contribution in [3.63, 3.8) is 0 Å². The third-order valence-electron chi connectivity index (χ3n) is 3.87. The van der Waals surface area contributed by atoms with Gasteiger partial charge in [0.2, 0.25) is 0 Å². The summed E-state index contributed by atoms with van der Waals surface area (Å²) in [7, 11) is 1.71. The second-order valence-electron chi connectivity index (χ2n) is 5.92. The van der Waals surface area contributed by atoms with Crippen LogP contribution < -0.4 is 0 Å². The molecular formula is C18H26N2O5. The van der Waals surface area contributed by atoms with Gasteiger partial charge < -0.3 is 14.3 Å². The second-order valence-corrected chi connectivity index (χ2v) is 5.92. The molecule has 0 aliphatic carbocycles. The van der Waals surface area contributed by atoms with Crippen molar-refractivity contribution in [2.24, 2.45) is 0 Å². The van der Waals surface area contributed by atoms with Gasteiger partial charge in [-0.05, 0) is 5.56 Å². The maximum atomic E-state index is 11.8. The Bertz CT molecular complexity index is 532. The van der Waals surface area contributed by atoms with Crippen molar-refractivity contribution >= 4 is 11.9 Å². The van der Waals surface area contributed by atoms with Gasteiger partial charge >= 0.3 is 11.9 Å². The van der Waals surface area contributed by atoms with Crippen molar-refractivity contribution in [3.05, 3.63) is 35.9 Å². The van der Waals surface area contributed by atoms with Gasteiger partial charge in [0.1, 0.15) is 6.61 Å². The fourth-order valence-electron chi connectivity index (χ4n) is 2.39. The van der Waals surface area contributed by atoms with E-state index in [1.165, 1.54) is 5.06 Å². The summed E-state index contributed by atoms with van der Waals surface area (Å²) in [5.41, 5.74) is 0.918. The lowest BCUT2D eigenvalue weighted by Crippen LogP contribution is -2.41. The average molecular weight is 350 g/mol. The Labute approximate surface area is 148 Å². The van der Waals surface area contributed by atoms with E-state index < -0.39 is 11.9 Å². The van der Waals surface area contributed by atoms with Crippen LogP contribution >= 0.6 is 0 Å². The van der Waals surface area contributed by atoms with E-state index in [0.29, 0.717) is 6.54 Å². The van der Waals surface area contributed by atoms with E-state index in [4.69, 9.17) is 14.3 Å². The van der Waals surface area contributed by atoms with Gasteiger partial charge in [-0.15, -0.1) is 5.06 Å². The van der Waals surface area contributed by atoms with Crippen LogP contribution in [0.25, 0.3) is 0 Å². The number of benzene rings is 1. The number of carbonyl (C=O) groups is 2. The zero-order chi connectivity index (χ0) is 17.9. The van der Waals surface area contributed by atoms with E-state index >= 15 is 0 Å². The number of morpholine rings is 1. The molecular weight excluding hydrogens is 324 g/mol. The fraction of sp³-hybridized carbons (Fsp3) is 0.556. The molecule has 0 N–H and O–H groups in total. The minimum absolute atomic E-state index is 0.00944. The molecule has 1 saturated heterocycles. The van der Waals surface area contributed by atoms with Gasteiger partial charge in [-0.1, -0.05) is 30.3 Å². The van der Waals surface area contributed by atoms with Crippen LogP contribution in [0.15, 0.2) is 30.3 Å². The topological polar surface area (TPSA) is 68.3 Å². The second kappa shape index (κ2) is 10.8. The SMILES string of the molecule is CN(CCN1CCOCC1)OC(=O)CCC(=O)OCc1ccccc1. The van der Waals surface area contributed by atoms with Crippen LogP contribution in [-0.4, -0.2) is 68.3 Å². The molecule has 0 spiro atoms. The van der Waals surface area contributed by atoms with Gasteiger partial charge in [-0.3, -0.25) is 14.5 Å². The normalized spacial score (nSPS) is 15.1. The molecule has 0 unspecified atom stereocenters. The maximum absolute atomic E-state index is 11.8. The van der Waals surface area contributed by atoms with Crippen molar-refractivity contribution in [2.45, 2.75) is 19.4 Å². The third-order valence-corrected chi connectivity index (χ3v) is 3.87. The minimum atomic E-state index is -0.430. The Balaban J connectivity index is 1.55. The highest BCUT2D eigenvalue weighted by atomic mass is 16.7. The molecule has 0 atom stereocenters.